The van der Waals surface area contributed by atoms with Gasteiger partial charge in [-0.1, -0.05) is 12.1 Å². The van der Waals surface area contributed by atoms with E-state index in [4.69, 9.17) is 0 Å². The molecule has 4 rings (SSSR count). The predicted octanol–water partition coefficient (Wildman–Crippen LogP) is 5.31. The first-order valence-electron chi connectivity index (χ1n) is 8.65. The van der Waals surface area contributed by atoms with E-state index in [2.05, 4.69) is 33.2 Å². The second-order valence-electron chi connectivity index (χ2n) is 6.55. The molecular formula is C19H23Cl2FN4S. The Balaban J connectivity index is 0.00000131. The molecule has 3 heterocycles. The molecule has 0 spiro atoms. The van der Waals surface area contributed by atoms with Crippen LogP contribution in [0.1, 0.15) is 31.4 Å². The molecule has 146 valence electrons. The number of aromatic nitrogens is 2. The number of piperidine rings is 1. The topological polar surface area (TPSA) is 41.0 Å². The van der Waals surface area contributed by atoms with Crippen molar-refractivity contribution in [3.63, 3.8) is 0 Å². The number of hydrogen-bond donors (Lipinski definition) is 1. The zero-order valence-electron chi connectivity index (χ0n) is 15.0. The normalized spacial score (nSPS) is 16.4. The minimum absolute atomic E-state index is 0. The van der Waals surface area contributed by atoms with Crippen LogP contribution in [-0.4, -0.2) is 34.0 Å². The third-order valence-corrected chi connectivity index (χ3v) is 5.83. The first-order valence-corrected chi connectivity index (χ1v) is 9.53. The SMILES string of the molecule is CC(c1cccc(F)c1)N1CCC(Nc2ncnc3sccc23)CC1.Cl.Cl. The van der Waals surface area contributed by atoms with E-state index in [0.29, 0.717) is 6.04 Å². The number of likely N-dealkylation sites (tertiary alicyclic amines) is 1. The van der Waals surface area contributed by atoms with Crippen molar-refractivity contribution in [1.82, 2.24) is 14.9 Å². The Kier molecular flexibility index (Phi) is 7.79. The van der Waals surface area contributed by atoms with Gasteiger partial charge in [-0.3, -0.25) is 4.90 Å². The highest BCUT2D eigenvalue weighted by molar-refractivity contribution is 7.16. The van der Waals surface area contributed by atoms with Gasteiger partial charge >= 0.3 is 0 Å². The van der Waals surface area contributed by atoms with Crippen LogP contribution in [0.15, 0.2) is 42.0 Å². The van der Waals surface area contributed by atoms with Crippen LogP contribution < -0.4 is 5.32 Å². The fraction of sp³-hybridized carbons (Fsp3) is 0.368. The van der Waals surface area contributed by atoms with Crippen LogP contribution in [0, 0.1) is 5.82 Å². The molecule has 1 unspecified atom stereocenters. The lowest BCUT2D eigenvalue weighted by atomic mass is 10.00. The number of nitrogens with one attached hydrogen (secondary N) is 1. The van der Waals surface area contributed by atoms with Gasteiger partial charge in [-0.15, -0.1) is 36.2 Å². The molecule has 1 aliphatic rings. The molecule has 1 saturated heterocycles. The number of benzene rings is 1. The van der Waals surface area contributed by atoms with E-state index in [1.165, 1.54) is 6.07 Å². The maximum absolute atomic E-state index is 13.5. The number of halogens is 3. The van der Waals surface area contributed by atoms with Crippen molar-refractivity contribution in [2.75, 3.05) is 18.4 Å². The van der Waals surface area contributed by atoms with E-state index in [1.54, 1.807) is 29.8 Å². The molecule has 27 heavy (non-hydrogen) atoms. The predicted molar refractivity (Wildman–Crippen MR) is 115 cm³/mol. The summed E-state index contributed by atoms with van der Waals surface area (Å²) < 4.78 is 13.5. The number of fused-ring (bicyclic) bond motifs is 1. The summed E-state index contributed by atoms with van der Waals surface area (Å²) in [5.74, 6) is 0.771. The lowest BCUT2D eigenvalue weighted by molar-refractivity contribution is 0.167. The van der Waals surface area contributed by atoms with Crippen molar-refractivity contribution >= 4 is 52.2 Å². The van der Waals surface area contributed by atoms with Crippen LogP contribution in [0.3, 0.4) is 0 Å². The van der Waals surface area contributed by atoms with Gasteiger partial charge in [0.05, 0.1) is 5.39 Å². The summed E-state index contributed by atoms with van der Waals surface area (Å²) in [6, 6.07) is 9.66. The van der Waals surface area contributed by atoms with Crippen LogP contribution in [0.5, 0.6) is 0 Å². The molecule has 8 heteroatoms. The smallest absolute Gasteiger partial charge is 0.138 e. The molecular weight excluding hydrogens is 406 g/mol. The molecule has 1 fully saturated rings. The van der Waals surface area contributed by atoms with E-state index < -0.39 is 0 Å². The summed E-state index contributed by atoms with van der Waals surface area (Å²) >= 11 is 1.64. The van der Waals surface area contributed by atoms with Crippen LogP contribution in [-0.2, 0) is 0 Å². The number of anilines is 1. The summed E-state index contributed by atoms with van der Waals surface area (Å²) in [6.07, 6.45) is 3.73. The van der Waals surface area contributed by atoms with Crippen molar-refractivity contribution in [3.8, 4) is 0 Å². The second kappa shape index (κ2) is 9.64. The molecule has 3 aromatic rings. The summed E-state index contributed by atoms with van der Waals surface area (Å²) in [4.78, 5) is 12.2. The van der Waals surface area contributed by atoms with E-state index in [1.807, 2.05) is 11.4 Å². The van der Waals surface area contributed by atoms with Crippen molar-refractivity contribution in [1.29, 1.82) is 0 Å². The first kappa shape index (κ1) is 21.8. The molecule has 0 amide bonds. The van der Waals surface area contributed by atoms with Gasteiger partial charge in [-0.2, -0.15) is 0 Å². The largest absolute Gasteiger partial charge is 0.367 e. The van der Waals surface area contributed by atoms with Gasteiger partial charge in [0.25, 0.3) is 0 Å². The molecule has 1 aromatic carbocycles. The molecule has 1 atom stereocenters. The van der Waals surface area contributed by atoms with E-state index in [0.717, 1.165) is 47.5 Å². The number of nitrogens with zero attached hydrogens (tertiary/aromatic N) is 3. The van der Waals surface area contributed by atoms with Crippen molar-refractivity contribution in [2.45, 2.75) is 31.8 Å². The highest BCUT2D eigenvalue weighted by Gasteiger charge is 2.24. The summed E-state index contributed by atoms with van der Waals surface area (Å²) in [6.45, 7) is 4.14. The zero-order valence-corrected chi connectivity index (χ0v) is 17.4. The summed E-state index contributed by atoms with van der Waals surface area (Å²) in [5, 5.41) is 6.74. The van der Waals surface area contributed by atoms with Gasteiger partial charge < -0.3 is 5.32 Å². The summed E-state index contributed by atoms with van der Waals surface area (Å²) in [5.41, 5.74) is 1.04. The van der Waals surface area contributed by atoms with Crippen LogP contribution in [0.2, 0.25) is 0 Å². The lowest BCUT2D eigenvalue weighted by Gasteiger charge is -2.36. The Morgan fingerprint density at radius 1 is 1.19 bits per heavy atom. The third kappa shape index (κ3) is 4.88. The second-order valence-corrected chi connectivity index (χ2v) is 7.44. The van der Waals surface area contributed by atoms with Gasteiger partial charge in [0, 0.05) is 25.2 Å². The van der Waals surface area contributed by atoms with E-state index >= 15 is 0 Å². The lowest BCUT2D eigenvalue weighted by Crippen LogP contribution is -2.40. The van der Waals surface area contributed by atoms with Gasteiger partial charge in [-0.05, 0) is 48.9 Å². The van der Waals surface area contributed by atoms with Gasteiger partial charge in [0.15, 0.2) is 0 Å². The zero-order chi connectivity index (χ0) is 17.2. The molecule has 0 aliphatic carbocycles. The van der Waals surface area contributed by atoms with Crippen molar-refractivity contribution < 1.29 is 4.39 Å². The molecule has 0 saturated carbocycles. The number of rotatable bonds is 4. The number of hydrogen-bond acceptors (Lipinski definition) is 5. The maximum Gasteiger partial charge on any atom is 0.138 e. The Bertz CT molecular complexity index is 868. The van der Waals surface area contributed by atoms with Gasteiger partial charge in [0.2, 0.25) is 0 Å². The average Bonchev–Trinajstić information content (AvgIpc) is 3.12. The molecule has 2 aromatic heterocycles. The fourth-order valence-electron chi connectivity index (χ4n) is 3.51. The van der Waals surface area contributed by atoms with E-state index in [-0.39, 0.29) is 36.7 Å². The van der Waals surface area contributed by atoms with Crippen LogP contribution >= 0.6 is 36.2 Å². The monoisotopic (exact) mass is 428 g/mol. The van der Waals surface area contributed by atoms with Crippen LogP contribution in [0.25, 0.3) is 10.2 Å². The maximum atomic E-state index is 13.5. The minimum Gasteiger partial charge on any atom is -0.367 e. The molecule has 4 nitrogen and oxygen atoms in total. The first-order chi connectivity index (χ1) is 12.2. The minimum atomic E-state index is -0.163. The quantitative estimate of drug-likeness (QED) is 0.610. The number of thiophene rings is 1. The third-order valence-electron chi connectivity index (χ3n) is 5.01. The van der Waals surface area contributed by atoms with Crippen molar-refractivity contribution in [3.05, 3.63) is 53.4 Å². The Morgan fingerprint density at radius 3 is 2.70 bits per heavy atom. The van der Waals surface area contributed by atoms with E-state index in [9.17, 15) is 4.39 Å². The molecule has 0 bridgehead atoms. The Morgan fingerprint density at radius 2 is 1.96 bits per heavy atom. The standard InChI is InChI=1S/C19H21FN4S.2ClH/c1-13(14-3-2-4-15(20)11-14)24-8-5-16(6-9-24)23-18-17-7-10-25-19(17)22-12-21-18;;/h2-4,7,10-13,16H,5-6,8-9H2,1H3,(H,21,22,23);2*1H. The molecule has 1 aliphatic heterocycles. The molecule has 1 N–H and O–H groups in total. The van der Waals surface area contributed by atoms with Gasteiger partial charge in [0.1, 0.15) is 22.8 Å². The Labute approximate surface area is 175 Å². The highest BCUT2D eigenvalue weighted by atomic mass is 35.5. The van der Waals surface area contributed by atoms with Crippen LogP contribution in [0.4, 0.5) is 10.2 Å². The Hall–Kier alpha value is -1.47. The molecule has 0 radical (unpaired) electrons. The fourth-order valence-corrected chi connectivity index (χ4v) is 4.24. The van der Waals surface area contributed by atoms with Gasteiger partial charge in [-0.25, -0.2) is 14.4 Å². The summed E-state index contributed by atoms with van der Waals surface area (Å²) in [7, 11) is 0. The van der Waals surface area contributed by atoms with Crippen molar-refractivity contribution in [2.24, 2.45) is 0 Å². The average molecular weight is 429 g/mol. The highest BCUT2D eigenvalue weighted by Crippen LogP contribution is 2.28.